The second-order valence-corrected chi connectivity index (χ2v) is 17.1. The average molecular weight is 822 g/mol. The van der Waals surface area contributed by atoms with Crippen LogP contribution in [0.1, 0.15) is 0 Å². The minimum absolute atomic E-state index is 0.568. The van der Waals surface area contributed by atoms with Crippen LogP contribution in [0.25, 0.3) is 103 Å². The van der Waals surface area contributed by atoms with Crippen molar-refractivity contribution in [2.75, 3.05) is 4.90 Å². The van der Waals surface area contributed by atoms with Crippen LogP contribution in [-0.2, 0) is 0 Å². The molecule has 3 aromatic heterocycles. The highest BCUT2D eigenvalue weighted by molar-refractivity contribution is 7.26. The number of rotatable bonds is 6. The van der Waals surface area contributed by atoms with Crippen LogP contribution in [0, 0.1) is 0 Å². The van der Waals surface area contributed by atoms with Gasteiger partial charge in [-0.05, 0) is 93.0 Å². The normalized spacial score (nSPS) is 11.8. The maximum atomic E-state index is 5.50. The first kappa shape index (κ1) is 35.6. The molecule has 13 aromatic rings. The fraction of sp³-hybridized carbons (Fsp3) is 0. The van der Waals surface area contributed by atoms with E-state index in [4.69, 9.17) is 15.0 Å². The molecule has 0 amide bonds. The first-order valence-corrected chi connectivity index (χ1v) is 22.0. The Kier molecular flexibility index (Phi) is 8.01. The van der Waals surface area contributed by atoms with Crippen LogP contribution in [0.15, 0.2) is 212 Å². The van der Waals surface area contributed by atoms with Gasteiger partial charge in [0, 0.05) is 59.1 Å². The van der Waals surface area contributed by atoms with Crippen molar-refractivity contribution in [1.29, 1.82) is 0 Å². The summed E-state index contributed by atoms with van der Waals surface area (Å²) in [5, 5.41) is 11.9. The van der Waals surface area contributed by atoms with Gasteiger partial charge in [-0.3, -0.25) is 4.57 Å². The van der Waals surface area contributed by atoms with E-state index in [1.165, 1.54) is 47.1 Å². The zero-order valence-electron chi connectivity index (χ0n) is 33.9. The van der Waals surface area contributed by atoms with E-state index in [1.54, 1.807) is 11.3 Å². The largest absolute Gasteiger partial charge is 0.310 e. The second-order valence-electron chi connectivity index (χ2n) is 16.0. The van der Waals surface area contributed by atoms with E-state index in [0.717, 1.165) is 55.4 Å². The van der Waals surface area contributed by atoms with Crippen molar-refractivity contribution in [2.45, 2.75) is 0 Å². The lowest BCUT2D eigenvalue weighted by molar-refractivity contribution is 0.955. The Balaban J connectivity index is 1.10. The fourth-order valence-corrected chi connectivity index (χ4v) is 10.7. The Bertz CT molecular complexity index is 3930. The highest BCUT2D eigenvalue weighted by Crippen LogP contribution is 2.45. The van der Waals surface area contributed by atoms with Crippen molar-refractivity contribution in [3.8, 4) is 28.7 Å². The lowest BCUT2D eigenvalue weighted by Gasteiger charge is -2.26. The number of anilines is 3. The van der Waals surface area contributed by atoms with E-state index in [1.807, 2.05) is 18.2 Å². The van der Waals surface area contributed by atoms with E-state index >= 15 is 0 Å². The molecule has 0 atom stereocenters. The van der Waals surface area contributed by atoms with Crippen molar-refractivity contribution < 1.29 is 0 Å². The zero-order valence-corrected chi connectivity index (χ0v) is 34.7. The van der Waals surface area contributed by atoms with Crippen LogP contribution in [-0.4, -0.2) is 19.5 Å². The van der Waals surface area contributed by atoms with Crippen LogP contribution < -0.4 is 4.90 Å². The SMILES string of the molecule is c1ccc(-c2nc(-c3cc4ccccc4c4c3sc3ccccc34)nc(-n3c4ccc(N(c5ccccc5)c5ccc6ccccc6c5)cc4c4c5ccccc5ccc43)n2)cc1. The summed E-state index contributed by atoms with van der Waals surface area (Å²) >= 11 is 1.80. The molecule has 0 bridgehead atoms. The number of fused-ring (bicyclic) bond motifs is 11. The fourth-order valence-electron chi connectivity index (χ4n) is 9.51. The summed E-state index contributed by atoms with van der Waals surface area (Å²) in [6.45, 7) is 0. The summed E-state index contributed by atoms with van der Waals surface area (Å²) in [5.74, 6) is 1.83. The van der Waals surface area contributed by atoms with Crippen LogP contribution in [0.5, 0.6) is 0 Å². The lowest BCUT2D eigenvalue weighted by atomic mass is 10.00. The molecule has 0 aliphatic carbocycles. The predicted octanol–water partition coefficient (Wildman–Crippen LogP) is 15.6. The molecule has 0 spiro atoms. The smallest absolute Gasteiger partial charge is 0.238 e. The van der Waals surface area contributed by atoms with Crippen LogP contribution >= 0.6 is 11.3 Å². The van der Waals surface area contributed by atoms with Crippen molar-refractivity contribution in [3.05, 3.63) is 212 Å². The number of hydrogen-bond acceptors (Lipinski definition) is 5. The third kappa shape index (κ3) is 5.73. The quantitative estimate of drug-likeness (QED) is 0.168. The molecular formula is C57H35N5S. The third-order valence-corrected chi connectivity index (χ3v) is 13.6. The minimum atomic E-state index is 0.568. The molecule has 0 aliphatic rings. The van der Waals surface area contributed by atoms with E-state index in [2.05, 4.69) is 204 Å². The monoisotopic (exact) mass is 821 g/mol. The van der Waals surface area contributed by atoms with E-state index in [0.29, 0.717) is 17.6 Å². The van der Waals surface area contributed by atoms with Crippen LogP contribution in [0.3, 0.4) is 0 Å². The third-order valence-electron chi connectivity index (χ3n) is 12.4. The molecule has 3 heterocycles. The second kappa shape index (κ2) is 14.2. The molecule has 0 saturated carbocycles. The van der Waals surface area contributed by atoms with Gasteiger partial charge in [-0.2, -0.15) is 9.97 Å². The van der Waals surface area contributed by atoms with Crippen molar-refractivity contribution >= 4 is 103 Å². The van der Waals surface area contributed by atoms with Gasteiger partial charge in [-0.15, -0.1) is 11.3 Å². The minimum Gasteiger partial charge on any atom is -0.310 e. The Labute approximate surface area is 366 Å². The number of aromatic nitrogens is 4. The Morgan fingerprint density at radius 3 is 1.81 bits per heavy atom. The van der Waals surface area contributed by atoms with Gasteiger partial charge in [0.05, 0.1) is 11.0 Å². The number of benzene rings is 10. The van der Waals surface area contributed by atoms with E-state index < -0.39 is 0 Å². The van der Waals surface area contributed by atoms with Gasteiger partial charge < -0.3 is 4.90 Å². The summed E-state index contributed by atoms with van der Waals surface area (Å²) in [4.78, 5) is 18.5. The molecule has 0 fully saturated rings. The Morgan fingerprint density at radius 2 is 0.984 bits per heavy atom. The van der Waals surface area contributed by atoms with Gasteiger partial charge in [0.2, 0.25) is 5.95 Å². The topological polar surface area (TPSA) is 46.8 Å². The lowest BCUT2D eigenvalue weighted by Crippen LogP contribution is -2.10. The molecule has 5 nitrogen and oxygen atoms in total. The van der Waals surface area contributed by atoms with Gasteiger partial charge in [0.25, 0.3) is 0 Å². The van der Waals surface area contributed by atoms with Crippen LogP contribution in [0.4, 0.5) is 17.1 Å². The van der Waals surface area contributed by atoms with Crippen molar-refractivity contribution in [2.24, 2.45) is 0 Å². The predicted molar refractivity (Wildman–Crippen MR) is 265 cm³/mol. The molecule has 6 heteroatoms. The summed E-state index contributed by atoms with van der Waals surface area (Å²) in [6.07, 6.45) is 0. The molecular weight excluding hydrogens is 787 g/mol. The molecule has 63 heavy (non-hydrogen) atoms. The van der Waals surface area contributed by atoms with Crippen LogP contribution in [0.2, 0.25) is 0 Å². The number of thiophene rings is 1. The summed E-state index contributed by atoms with van der Waals surface area (Å²) in [6, 6.07) is 75.7. The molecule has 0 saturated heterocycles. The van der Waals surface area contributed by atoms with Gasteiger partial charge in [-0.1, -0.05) is 152 Å². The molecule has 10 aromatic carbocycles. The standard InChI is InChI=1S/C57H35N5S/c1-3-17-38(18-4-1)55-58-56(48-34-40-20-10-12-24-45(40)53-46-25-13-14-26-51(46)63-54(48)53)60-57(59-55)62-49-32-30-43(35-47(49)52-44-23-11-9-16-37(44)28-31-50(52)62)61(41-21-5-2-6-22-41)42-29-27-36-15-7-8-19-39(36)33-42/h1-35H. The zero-order chi connectivity index (χ0) is 41.4. The molecule has 0 radical (unpaired) electrons. The van der Waals surface area contributed by atoms with Gasteiger partial charge in [0.15, 0.2) is 11.6 Å². The average Bonchev–Trinajstić information content (AvgIpc) is 3.91. The summed E-state index contributed by atoms with van der Waals surface area (Å²) in [5.41, 5.74) is 7.19. The summed E-state index contributed by atoms with van der Waals surface area (Å²) in [7, 11) is 0. The Hall–Kier alpha value is -8.19. The van der Waals surface area contributed by atoms with Gasteiger partial charge in [0.1, 0.15) is 0 Å². The first-order chi connectivity index (χ1) is 31.2. The number of para-hydroxylation sites is 1. The Morgan fingerprint density at radius 1 is 0.381 bits per heavy atom. The number of nitrogens with zero attached hydrogens (tertiary/aromatic N) is 5. The first-order valence-electron chi connectivity index (χ1n) is 21.2. The van der Waals surface area contributed by atoms with Crippen molar-refractivity contribution in [1.82, 2.24) is 19.5 Å². The number of hydrogen-bond donors (Lipinski definition) is 0. The van der Waals surface area contributed by atoms with E-state index in [-0.39, 0.29) is 0 Å². The molecule has 294 valence electrons. The maximum absolute atomic E-state index is 5.50. The maximum Gasteiger partial charge on any atom is 0.238 e. The highest BCUT2D eigenvalue weighted by atomic mass is 32.1. The highest BCUT2D eigenvalue weighted by Gasteiger charge is 2.23. The van der Waals surface area contributed by atoms with E-state index in [9.17, 15) is 0 Å². The molecule has 0 N–H and O–H groups in total. The molecule has 0 aliphatic heterocycles. The van der Waals surface area contributed by atoms with Gasteiger partial charge in [-0.25, -0.2) is 4.98 Å². The molecule has 13 rings (SSSR count). The van der Waals surface area contributed by atoms with Crippen molar-refractivity contribution in [3.63, 3.8) is 0 Å². The van der Waals surface area contributed by atoms with Gasteiger partial charge >= 0.3 is 0 Å². The summed E-state index contributed by atoms with van der Waals surface area (Å²) < 4.78 is 4.64. The molecule has 0 unspecified atom stereocenters.